The summed E-state index contributed by atoms with van der Waals surface area (Å²) >= 11 is 1.56. The first-order valence-corrected chi connectivity index (χ1v) is 5.69. The fourth-order valence-electron chi connectivity index (χ4n) is 1.41. The summed E-state index contributed by atoms with van der Waals surface area (Å²) in [7, 11) is 0. The number of anilines is 2. The number of aryl methyl sites for hydroxylation is 1. The van der Waals surface area contributed by atoms with Crippen LogP contribution >= 0.6 is 11.3 Å². The predicted molar refractivity (Wildman–Crippen MR) is 65.7 cm³/mol. The molecular formula is C12H11NO2S. The second-order valence-electron chi connectivity index (χ2n) is 3.46. The van der Waals surface area contributed by atoms with Crippen LogP contribution in [0.4, 0.5) is 10.7 Å². The van der Waals surface area contributed by atoms with Crippen molar-refractivity contribution >= 4 is 28.0 Å². The van der Waals surface area contributed by atoms with Gasteiger partial charge in [-0.25, -0.2) is 4.79 Å². The van der Waals surface area contributed by atoms with Crippen LogP contribution in [0.15, 0.2) is 35.7 Å². The number of rotatable bonds is 3. The quantitative estimate of drug-likeness (QED) is 0.853. The average molecular weight is 233 g/mol. The van der Waals surface area contributed by atoms with E-state index in [1.54, 1.807) is 29.5 Å². The first-order valence-electron chi connectivity index (χ1n) is 4.81. The standard InChI is InChI=1S/C12H11NO2S/c1-8-6-11(16-7-8)13-10-5-3-2-4-9(10)12(14)15/h2-7,13H,1H3,(H,14,15). The molecule has 2 N–H and O–H groups in total. The van der Waals surface area contributed by atoms with Crippen molar-refractivity contribution in [2.75, 3.05) is 5.32 Å². The number of thiophene rings is 1. The summed E-state index contributed by atoms with van der Waals surface area (Å²) < 4.78 is 0. The van der Waals surface area contributed by atoms with E-state index in [9.17, 15) is 4.79 Å². The first kappa shape index (κ1) is 10.7. The van der Waals surface area contributed by atoms with Crippen LogP contribution in [0.2, 0.25) is 0 Å². The van der Waals surface area contributed by atoms with Crippen LogP contribution in [-0.2, 0) is 0 Å². The highest BCUT2D eigenvalue weighted by molar-refractivity contribution is 7.14. The molecule has 0 saturated heterocycles. The molecule has 0 atom stereocenters. The van der Waals surface area contributed by atoms with E-state index >= 15 is 0 Å². The van der Waals surface area contributed by atoms with Crippen molar-refractivity contribution in [3.63, 3.8) is 0 Å². The van der Waals surface area contributed by atoms with Crippen molar-refractivity contribution in [1.29, 1.82) is 0 Å². The van der Waals surface area contributed by atoms with Crippen LogP contribution in [0.5, 0.6) is 0 Å². The summed E-state index contributed by atoms with van der Waals surface area (Å²) in [4.78, 5) is 11.0. The number of carboxylic acids is 1. The maximum absolute atomic E-state index is 11.0. The average Bonchev–Trinajstić information content (AvgIpc) is 2.64. The van der Waals surface area contributed by atoms with Crippen molar-refractivity contribution in [3.8, 4) is 0 Å². The molecule has 2 rings (SSSR count). The number of carbonyl (C=O) groups is 1. The number of para-hydroxylation sites is 1. The van der Waals surface area contributed by atoms with E-state index in [1.807, 2.05) is 24.4 Å². The van der Waals surface area contributed by atoms with E-state index in [-0.39, 0.29) is 5.56 Å². The molecule has 2 aromatic rings. The van der Waals surface area contributed by atoms with Gasteiger partial charge in [-0.15, -0.1) is 11.3 Å². The van der Waals surface area contributed by atoms with E-state index in [4.69, 9.17) is 5.11 Å². The van der Waals surface area contributed by atoms with Gasteiger partial charge in [0.15, 0.2) is 0 Å². The number of aromatic carboxylic acids is 1. The Hall–Kier alpha value is -1.81. The Morgan fingerprint density at radius 1 is 1.38 bits per heavy atom. The van der Waals surface area contributed by atoms with Gasteiger partial charge in [-0.2, -0.15) is 0 Å². The molecule has 16 heavy (non-hydrogen) atoms. The Morgan fingerprint density at radius 2 is 2.12 bits per heavy atom. The zero-order valence-corrected chi connectivity index (χ0v) is 9.54. The third kappa shape index (κ3) is 2.23. The lowest BCUT2D eigenvalue weighted by atomic mass is 10.2. The Labute approximate surface area is 97.4 Å². The van der Waals surface area contributed by atoms with Crippen LogP contribution in [0, 0.1) is 6.92 Å². The fraction of sp³-hybridized carbons (Fsp3) is 0.0833. The van der Waals surface area contributed by atoms with Crippen LogP contribution in [-0.4, -0.2) is 11.1 Å². The minimum absolute atomic E-state index is 0.286. The van der Waals surface area contributed by atoms with Gasteiger partial charge in [0.05, 0.1) is 16.3 Å². The summed E-state index contributed by atoms with van der Waals surface area (Å²) in [6, 6.07) is 8.87. The topological polar surface area (TPSA) is 49.3 Å². The van der Waals surface area contributed by atoms with Crippen LogP contribution in [0.1, 0.15) is 15.9 Å². The third-order valence-corrected chi connectivity index (χ3v) is 3.11. The molecule has 0 aliphatic rings. The molecule has 0 fully saturated rings. The van der Waals surface area contributed by atoms with E-state index in [0.29, 0.717) is 5.69 Å². The van der Waals surface area contributed by atoms with E-state index in [0.717, 1.165) is 5.00 Å². The van der Waals surface area contributed by atoms with Gasteiger partial charge in [0.1, 0.15) is 0 Å². The molecule has 0 bridgehead atoms. The first-order chi connectivity index (χ1) is 7.66. The highest BCUT2D eigenvalue weighted by Gasteiger charge is 2.09. The monoisotopic (exact) mass is 233 g/mol. The summed E-state index contributed by atoms with van der Waals surface area (Å²) in [6.45, 7) is 2.00. The van der Waals surface area contributed by atoms with Crippen LogP contribution < -0.4 is 5.32 Å². The molecule has 1 aromatic carbocycles. The van der Waals surface area contributed by atoms with Crippen molar-refractivity contribution < 1.29 is 9.90 Å². The Morgan fingerprint density at radius 3 is 2.75 bits per heavy atom. The van der Waals surface area contributed by atoms with Crippen LogP contribution in [0.3, 0.4) is 0 Å². The normalized spacial score (nSPS) is 10.1. The van der Waals surface area contributed by atoms with Crippen molar-refractivity contribution in [1.82, 2.24) is 0 Å². The third-order valence-electron chi connectivity index (χ3n) is 2.15. The SMILES string of the molecule is Cc1csc(Nc2ccccc2C(=O)O)c1. The molecule has 0 spiro atoms. The zero-order chi connectivity index (χ0) is 11.5. The molecule has 0 amide bonds. The number of benzene rings is 1. The molecular weight excluding hydrogens is 222 g/mol. The summed E-state index contributed by atoms with van der Waals surface area (Å²) in [6.07, 6.45) is 0. The Kier molecular flexibility index (Phi) is 2.92. The van der Waals surface area contributed by atoms with E-state index < -0.39 is 5.97 Å². The molecule has 0 aliphatic carbocycles. The second kappa shape index (κ2) is 4.37. The highest BCUT2D eigenvalue weighted by atomic mass is 32.1. The van der Waals surface area contributed by atoms with Gasteiger partial charge in [-0.3, -0.25) is 0 Å². The largest absolute Gasteiger partial charge is 0.478 e. The molecule has 1 aromatic heterocycles. The number of nitrogens with one attached hydrogen (secondary N) is 1. The van der Waals surface area contributed by atoms with Crippen molar-refractivity contribution in [2.45, 2.75) is 6.92 Å². The lowest BCUT2D eigenvalue weighted by molar-refractivity contribution is 0.0698. The molecule has 0 aliphatic heterocycles. The van der Waals surface area contributed by atoms with Gasteiger partial charge >= 0.3 is 5.97 Å². The van der Waals surface area contributed by atoms with Crippen LogP contribution in [0.25, 0.3) is 0 Å². The van der Waals surface area contributed by atoms with Gasteiger partial charge in [-0.1, -0.05) is 12.1 Å². The van der Waals surface area contributed by atoms with Gasteiger partial charge in [0, 0.05) is 0 Å². The van der Waals surface area contributed by atoms with Gasteiger partial charge in [0.2, 0.25) is 0 Å². The molecule has 3 nitrogen and oxygen atoms in total. The van der Waals surface area contributed by atoms with E-state index in [2.05, 4.69) is 5.32 Å². The molecule has 0 saturated carbocycles. The lowest BCUT2D eigenvalue weighted by Gasteiger charge is -2.06. The number of hydrogen-bond donors (Lipinski definition) is 2. The Bertz CT molecular complexity index is 519. The van der Waals surface area contributed by atoms with Gasteiger partial charge in [0.25, 0.3) is 0 Å². The number of carboxylic acid groups (broad SMARTS) is 1. The number of hydrogen-bond acceptors (Lipinski definition) is 3. The summed E-state index contributed by atoms with van der Waals surface area (Å²) in [5.41, 5.74) is 2.07. The molecule has 0 radical (unpaired) electrons. The maximum Gasteiger partial charge on any atom is 0.337 e. The maximum atomic E-state index is 11.0. The Balaban J connectivity index is 2.31. The minimum Gasteiger partial charge on any atom is -0.478 e. The second-order valence-corrected chi connectivity index (χ2v) is 4.38. The smallest absolute Gasteiger partial charge is 0.337 e. The zero-order valence-electron chi connectivity index (χ0n) is 8.73. The van der Waals surface area contributed by atoms with Gasteiger partial charge in [-0.05, 0) is 36.1 Å². The predicted octanol–water partition coefficient (Wildman–Crippen LogP) is 3.50. The van der Waals surface area contributed by atoms with Crippen molar-refractivity contribution in [3.05, 3.63) is 46.8 Å². The molecule has 0 unspecified atom stereocenters. The van der Waals surface area contributed by atoms with Gasteiger partial charge < -0.3 is 10.4 Å². The summed E-state index contributed by atoms with van der Waals surface area (Å²) in [5, 5.41) is 15.1. The highest BCUT2D eigenvalue weighted by Crippen LogP contribution is 2.26. The minimum atomic E-state index is -0.920. The molecule has 1 heterocycles. The van der Waals surface area contributed by atoms with E-state index in [1.165, 1.54) is 5.56 Å². The summed E-state index contributed by atoms with van der Waals surface area (Å²) in [5.74, 6) is -0.920. The van der Waals surface area contributed by atoms with Crippen molar-refractivity contribution in [2.24, 2.45) is 0 Å². The lowest BCUT2D eigenvalue weighted by Crippen LogP contribution is -2.01. The fourth-order valence-corrected chi connectivity index (χ4v) is 2.21. The molecule has 4 heteroatoms. The molecule has 82 valence electrons.